The van der Waals surface area contributed by atoms with Crippen LogP contribution in [-0.4, -0.2) is 28.5 Å². The molecule has 0 spiro atoms. The maximum absolute atomic E-state index is 12.1. The molecule has 2 aromatic heterocycles. The molecule has 3 aromatic rings. The summed E-state index contributed by atoms with van der Waals surface area (Å²) in [5.74, 6) is 1.27. The number of rotatable bonds is 5. The van der Waals surface area contributed by atoms with Crippen LogP contribution in [0.1, 0.15) is 11.3 Å². The lowest BCUT2D eigenvalue weighted by Gasteiger charge is -2.11. The number of aromatic nitrogens is 3. The van der Waals surface area contributed by atoms with Crippen molar-refractivity contribution in [2.24, 2.45) is 0 Å². The zero-order valence-electron chi connectivity index (χ0n) is 14.9. The summed E-state index contributed by atoms with van der Waals surface area (Å²) in [5, 5.41) is 11.2. The van der Waals surface area contributed by atoms with E-state index in [0.717, 1.165) is 22.2 Å². The smallest absolute Gasteiger partial charge is 0.234 e. The Balaban J connectivity index is 1.82. The molecule has 7 nitrogen and oxygen atoms in total. The Morgan fingerprint density at radius 1 is 1.12 bits per heavy atom. The number of nitrogens with zero attached hydrogens (tertiary/aromatic N) is 3. The van der Waals surface area contributed by atoms with Crippen LogP contribution in [0.25, 0.3) is 0 Å². The molecule has 0 fully saturated rings. The van der Waals surface area contributed by atoms with Gasteiger partial charge in [0.2, 0.25) is 11.8 Å². The number of halogens is 1. The molecule has 0 aliphatic rings. The summed E-state index contributed by atoms with van der Waals surface area (Å²) in [6.45, 7) is 7.23. The van der Waals surface area contributed by atoms with Crippen LogP contribution in [0.15, 0.2) is 35.0 Å². The van der Waals surface area contributed by atoms with Crippen LogP contribution in [0.3, 0.4) is 0 Å². The minimum Gasteiger partial charge on any atom is -0.339 e. The Kier molecular flexibility index (Phi) is 5.03. The lowest BCUT2D eigenvalue weighted by Crippen LogP contribution is -2.04. The normalized spacial score (nSPS) is 11.4. The highest BCUT2D eigenvalue weighted by molar-refractivity contribution is 7.70. The molecule has 26 heavy (non-hydrogen) atoms. The first kappa shape index (κ1) is 18.4. The summed E-state index contributed by atoms with van der Waals surface area (Å²) < 4.78 is 17.3. The van der Waals surface area contributed by atoms with Crippen LogP contribution in [0.4, 0.5) is 23.3 Å². The van der Waals surface area contributed by atoms with Crippen molar-refractivity contribution < 1.29 is 9.09 Å². The molecule has 0 radical (unpaired) electrons. The lowest BCUT2D eigenvalue weighted by molar-refractivity contribution is 0.429. The fourth-order valence-corrected chi connectivity index (χ4v) is 3.19. The van der Waals surface area contributed by atoms with E-state index in [1.165, 1.54) is 6.20 Å². The highest BCUT2D eigenvalue weighted by Gasteiger charge is 2.13. The molecule has 3 rings (SSSR count). The fraction of sp³-hybridized carbons (Fsp3) is 0.235. The van der Waals surface area contributed by atoms with Gasteiger partial charge in [-0.2, -0.15) is 4.98 Å². The van der Waals surface area contributed by atoms with Crippen molar-refractivity contribution in [2.75, 3.05) is 24.0 Å². The fourth-order valence-electron chi connectivity index (χ4n) is 2.19. The Bertz CT molecular complexity index is 981. The zero-order valence-corrected chi connectivity index (χ0v) is 16.5. The minimum absolute atomic E-state index is 0.333. The molecule has 0 amide bonds. The minimum atomic E-state index is -2.29. The number of anilines is 4. The third-order valence-electron chi connectivity index (χ3n) is 3.88. The molecule has 0 atom stereocenters. The number of aryl methyl sites for hydroxylation is 1. The van der Waals surface area contributed by atoms with Crippen molar-refractivity contribution in [3.05, 3.63) is 46.7 Å². The molecule has 136 valence electrons. The van der Waals surface area contributed by atoms with Gasteiger partial charge in [0.25, 0.3) is 0 Å². The standard InChI is InChI=1S/C17H19ClN5O2P/c1-10-11(2)23-25-16(10)22-17-19-9-14(18)15(21-17)20-12-5-7-13(8-6-12)26(3,4)24/h5-9H,1-4H3,(H2,19,20,21,22). The van der Waals surface area contributed by atoms with Gasteiger partial charge in [-0.15, -0.1) is 0 Å². The van der Waals surface area contributed by atoms with Gasteiger partial charge in [-0.05, 0) is 51.4 Å². The van der Waals surface area contributed by atoms with E-state index in [9.17, 15) is 4.57 Å². The predicted octanol–water partition coefficient (Wildman–Crippen LogP) is 4.47. The second kappa shape index (κ2) is 7.09. The maximum atomic E-state index is 12.1. The van der Waals surface area contributed by atoms with Crippen LogP contribution in [0, 0.1) is 13.8 Å². The number of benzene rings is 1. The molecular formula is C17H19ClN5O2P. The van der Waals surface area contributed by atoms with E-state index in [0.29, 0.717) is 22.7 Å². The molecule has 2 N–H and O–H groups in total. The van der Waals surface area contributed by atoms with Gasteiger partial charge < -0.3 is 14.4 Å². The second-order valence-electron chi connectivity index (χ2n) is 6.26. The van der Waals surface area contributed by atoms with E-state index < -0.39 is 7.14 Å². The van der Waals surface area contributed by atoms with Crippen LogP contribution in [0.2, 0.25) is 5.02 Å². The van der Waals surface area contributed by atoms with Gasteiger partial charge in [0, 0.05) is 16.6 Å². The summed E-state index contributed by atoms with van der Waals surface area (Å²) in [4.78, 5) is 8.53. The average Bonchev–Trinajstić information content (AvgIpc) is 2.90. The van der Waals surface area contributed by atoms with Crippen LogP contribution < -0.4 is 15.9 Å². The largest absolute Gasteiger partial charge is 0.339 e. The van der Waals surface area contributed by atoms with Gasteiger partial charge in [-0.1, -0.05) is 16.8 Å². The van der Waals surface area contributed by atoms with Gasteiger partial charge >= 0.3 is 0 Å². The summed E-state index contributed by atoms with van der Waals surface area (Å²) in [5.41, 5.74) is 2.46. The first-order chi connectivity index (χ1) is 12.2. The van der Waals surface area contributed by atoms with Crippen molar-refractivity contribution in [3.8, 4) is 0 Å². The first-order valence-corrected chi connectivity index (χ1v) is 10.9. The highest BCUT2D eigenvalue weighted by atomic mass is 35.5. The Morgan fingerprint density at radius 3 is 2.38 bits per heavy atom. The molecule has 0 bridgehead atoms. The van der Waals surface area contributed by atoms with E-state index in [2.05, 4.69) is 25.8 Å². The monoisotopic (exact) mass is 391 g/mol. The first-order valence-electron chi connectivity index (χ1n) is 7.89. The summed E-state index contributed by atoms with van der Waals surface area (Å²) in [6.07, 6.45) is 1.50. The number of nitrogens with one attached hydrogen (secondary N) is 2. The van der Waals surface area contributed by atoms with Gasteiger partial charge in [0.1, 0.15) is 12.2 Å². The van der Waals surface area contributed by atoms with Crippen molar-refractivity contribution in [3.63, 3.8) is 0 Å². The Labute approximate surface area is 156 Å². The zero-order chi connectivity index (χ0) is 18.9. The van der Waals surface area contributed by atoms with Crippen molar-refractivity contribution in [1.82, 2.24) is 15.1 Å². The van der Waals surface area contributed by atoms with Gasteiger partial charge in [0.15, 0.2) is 5.82 Å². The van der Waals surface area contributed by atoms with E-state index in [-0.39, 0.29) is 0 Å². The van der Waals surface area contributed by atoms with Gasteiger partial charge in [0.05, 0.1) is 11.9 Å². The molecule has 0 aliphatic carbocycles. The third kappa shape index (κ3) is 4.06. The van der Waals surface area contributed by atoms with Crippen LogP contribution in [-0.2, 0) is 4.57 Å². The predicted molar refractivity (Wildman–Crippen MR) is 105 cm³/mol. The summed E-state index contributed by atoms with van der Waals surface area (Å²) in [6, 6.07) is 7.34. The summed E-state index contributed by atoms with van der Waals surface area (Å²) >= 11 is 6.19. The molecule has 1 aromatic carbocycles. The van der Waals surface area contributed by atoms with E-state index in [1.807, 2.05) is 38.1 Å². The van der Waals surface area contributed by atoms with Crippen LogP contribution >= 0.6 is 18.7 Å². The molecule has 2 heterocycles. The maximum Gasteiger partial charge on any atom is 0.234 e. The number of hydrogen-bond acceptors (Lipinski definition) is 7. The molecule has 9 heteroatoms. The van der Waals surface area contributed by atoms with E-state index in [1.54, 1.807) is 13.3 Å². The molecule has 0 saturated carbocycles. The average molecular weight is 392 g/mol. The highest BCUT2D eigenvalue weighted by Crippen LogP contribution is 2.35. The summed E-state index contributed by atoms with van der Waals surface area (Å²) in [7, 11) is -2.29. The topological polar surface area (TPSA) is 92.9 Å². The third-order valence-corrected chi connectivity index (χ3v) is 5.70. The lowest BCUT2D eigenvalue weighted by atomic mass is 10.3. The molecule has 0 saturated heterocycles. The van der Waals surface area contributed by atoms with Crippen molar-refractivity contribution in [2.45, 2.75) is 13.8 Å². The van der Waals surface area contributed by atoms with Crippen LogP contribution in [0.5, 0.6) is 0 Å². The van der Waals surface area contributed by atoms with Crippen molar-refractivity contribution >= 4 is 47.4 Å². The van der Waals surface area contributed by atoms with E-state index >= 15 is 0 Å². The number of hydrogen-bond donors (Lipinski definition) is 2. The van der Waals surface area contributed by atoms with Crippen molar-refractivity contribution in [1.29, 1.82) is 0 Å². The second-order valence-corrected chi connectivity index (χ2v) is 9.89. The van der Waals surface area contributed by atoms with Gasteiger partial charge in [-0.3, -0.25) is 5.32 Å². The molecule has 0 aliphatic heterocycles. The molecule has 0 unspecified atom stereocenters. The Morgan fingerprint density at radius 2 is 1.81 bits per heavy atom. The SMILES string of the molecule is Cc1noc(Nc2ncc(Cl)c(Nc3ccc(P(C)(C)=O)cc3)n2)c1C. The molecular weight excluding hydrogens is 373 g/mol. The Hall–Kier alpha value is -2.37. The quantitative estimate of drug-likeness (QED) is 0.620. The van der Waals surface area contributed by atoms with Gasteiger partial charge in [-0.25, -0.2) is 4.98 Å². The van der Waals surface area contributed by atoms with E-state index in [4.69, 9.17) is 16.1 Å².